The number of nitrogens with zero attached hydrogens (tertiary/aromatic N) is 1. The van der Waals surface area contributed by atoms with Gasteiger partial charge < -0.3 is 10.0 Å². The van der Waals surface area contributed by atoms with Crippen LogP contribution in [0.5, 0.6) is 0 Å². The lowest BCUT2D eigenvalue weighted by Crippen LogP contribution is -2.25. The molecule has 1 atom stereocenters. The number of benzene rings is 1. The highest BCUT2D eigenvalue weighted by molar-refractivity contribution is 5.78. The van der Waals surface area contributed by atoms with E-state index in [1.54, 1.807) is 4.90 Å². The minimum atomic E-state index is -0.480. The van der Waals surface area contributed by atoms with Crippen LogP contribution in [0.25, 0.3) is 0 Å². The van der Waals surface area contributed by atoms with Crippen molar-refractivity contribution in [3.63, 3.8) is 0 Å². The van der Waals surface area contributed by atoms with Gasteiger partial charge in [0.15, 0.2) is 0 Å². The van der Waals surface area contributed by atoms with E-state index >= 15 is 0 Å². The first-order chi connectivity index (χ1) is 6.75. The van der Waals surface area contributed by atoms with E-state index in [-0.39, 0.29) is 12.3 Å². The van der Waals surface area contributed by atoms with Crippen LogP contribution in [-0.2, 0) is 11.3 Å². The van der Waals surface area contributed by atoms with Crippen molar-refractivity contribution in [1.82, 2.24) is 4.90 Å². The van der Waals surface area contributed by atoms with Gasteiger partial charge in [-0.2, -0.15) is 0 Å². The van der Waals surface area contributed by atoms with Crippen molar-refractivity contribution < 1.29 is 9.90 Å². The summed E-state index contributed by atoms with van der Waals surface area (Å²) < 4.78 is 0. The maximum Gasteiger partial charge on any atom is 0.225 e. The summed E-state index contributed by atoms with van der Waals surface area (Å²) in [7, 11) is 0. The van der Waals surface area contributed by atoms with E-state index in [1.165, 1.54) is 0 Å². The van der Waals surface area contributed by atoms with E-state index in [4.69, 9.17) is 0 Å². The highest BCUT2D eigenvalue weighted by Crippen LogP contribution is 2.14. The third-order valence-corrected chi connectivity index (χ3v) is 2.41. The Balaban J connectivity index is 2.02. The number of aliphatic hydroxyl groups is 1. The molecule has 0 saturated carbocycles. The molecule has 0 unspecified atom stereocenters. The van der Waals surface area contributed by atoms with Crippen molar-refractivity contribution in [2.75, 3.05) is 6.54 Å². The smallest absolute Gasteiger partial charge is 0.225 e. The largest absolute Gasteiger partial charge is 0.391 e. The molecule has 1 aromatic rings. The third kappa shape index (κ3) is 1.93. The van der Waals surface area contributed by atoms with Gasteiger partial charge in [0.05, 0.1) is 12.5 Å². The number of carbonyl (C=O) groups is 1. The number of amides is 1. The van der Waals surface area contributed by atoms with Crippen molar-refractivity contribution in [1.29, 1.82) is 0 Å². The molecule has 0 bridgehead atoms. The van der Waals surface area contributed by atoms with Crippen molar-refractivity contribution in [3.05, 3.63) is 35.9 Å². The van der Waals surface area contributed by atoms with E-state index in [1.807, 2.05) is 30.3 Å². The fourth-order valence-corrected chi connectivity index (χ4v) is 1.71. The Bertz CT molecular complexity index is 323. The molecule has 1 aliphatic heterocycles. The molecule has 1 saturated heterocycles. The molecule has 1 aromatic carbocycles. The molecule has 0 aromatic heterocycles. The zero-order valence-corrected chi connectivity index (χ0v) is 7.89. The molecular formula is C11H13NO2. The molecule has 3 heteroatoms. The topological polar surface area (TPSA) is 40.5 Å². The number of hydrogen-bond donors (Lipinski definition) is 1. The second-order valence-corrected chi connectivity index (χ2v) is 3.62. The lowest BCUT2D eigenvalue weighted by molar-refractivity contribution is -0.128. The van der Waals surface area contributed by atoms with Crippen molar-refractivity contribution in [3.8, 4) is 0 Å². The molecule has 1 amide bonds. The predicted octanol–water partition coefficient (Wildman–Crippen LogP) is 0.780. The SMILES string of the molecule is O=C1C[C@H](O)CN1Cc1ccccc1. The van der Waals surface area contributed by atoms with Crippen LogP contribution in [0, 0.1) is 0 Å². The average Bonchev–Trinajstić information content (AvgIpc) is 2.47. The van der Waals surface area contributed by atoms with Gasteiger partial charge in [-0.1, -0.05) is 30.3 Å². The van der Waals surface area contributed by atoms with Gasteiger partial charge in [-0.3, -0.25) is 4.79 Å². The fraction of sp³-hybridized carbons (Fsp3) is 0.364. The summed E-state index contributed by atoms with van der Waals surface area (Å²) in [6, 6.07) is 9.82. The third-order valence-electron chi connectivity index (χ3n) is 2.41. The van der Waals surface area contributed by atoms with Crippen LogP contribution in [0.2, 0.25) is 0 Å². The molecule has 1 heterocycles. The Morgan fingerprint density at radius 3 is 2.64 bits per heavy atom. The summed E-state index contributed by atoms with van der Waals surface area (Å²) in [6.07, 6.45) is -0.210. The van der Waals surface area contributed by atoms with Crippen LogP contribution < -0.4 is 0 Å². The summed E-state index contributed by atoms with van der Waals surface area (Å²) in [4.78, 5) is 13.0. The summed E-state index contributed by atoms with van der Waals surface area (Å²) in [5.41, 5.74) is 1.11. The summed E-state index contributed by atoms with van der Waals surface area (Å²) in [6.45, 7) is 1.07. The number of carbonyl (C=O) groups excluding carboxylic acids is 1. The first-order valence-electron chi connectivity index (χ1n) is 4.75. The molecule has 1 fully saturated rings. The van der Waals surface area contributed by atoms with Gasteiger partial charge in [-0.05, 0) is 5.56 Å². The van der Waals surface area contributed by atoms with Gasteiger partial charge in [0.25, 0.3) is 0 Å². The Hall–Kier alpha value is -1.35. The van der Waals surface area contributed by atoms with Gasteiger partial charge in [0.1, 0.15) is 0 Å². The maximum absolute atomic E-state index is 11.4. The van der Waals surface area contributed by atoms with Crippen LogP contribution in [0.3, 0.4) is 0 Å². The molecule has 3 nitrogen and oxygen atoms in total. The maximum atomic E-state index is 11.4. The minimum Gasteiger partial charge on any atom is -0.391 e. The standard InChI is InChI=1S/C11H13NO2/c13-10-6-11(14)12(8-10)7-9-4-2-1-3-5-9/h1-5,10,13H,6-8H2/t10-/m0/s1. The summed E-state index contributed by atoms with van der Waals surface area (Å²) in [5.74, 6) is 0.0429. The van der Waals surface area contributed by atoms with Crippen molar-refractivity contribution in [2.24, 2.45) is 0 Å². The molecule has 1 aliphatic rings. The average molecular weight is 191 g/mol. The molecule has 2 rings (SSSR count). The Morgan fingerprint density at radius 2 is 2.07 bits per heavy atom. The van der Waals surface area contributed by atoms with E-state index in [0.717, 1.165) is 5.56 Å². The Morgan fingerprint density at radius 1 is 1.36 bits per heavy atom. The highest BCUT2D eigenvalue weighted by atomic mass is 16.3. The fourth-order valence-electron chi connectivity index (χ4n) is 1.71. The first kappa shape index (κ1) is 9.21. The van der Waals surface area contributed by atoms with Crippen LogP contribution >= 0.6 is 0 Å². The minimum absolute atomic E-state index is 0.0429. The van der Waals surface area contributed by atoms with Gasteiger partial charge in [-0.15, -0.1) is 0 Å². The van der Waals surface area contributed by atoms with Gasteiger partial charge in [-0.25, -0.2) is 0 Å². The molecule has 1 N–H and O–H groups in total. The quantitative estimate of drug-likeness (QED) is 0.750. The number of hydrogen-bond acceptors (Lipinski definition) is 2. The number of likely N-dealkylation sites (tertiary alicyclic amines) is 1. The Kier molecular flexibility index (Phi) is 2.50. The summed E-state index contributed by atoms with van der Waals surface area (Å²) >= 11 is 0. The van der Waals surface area contributed by atoms with E-state index < -0.39 is 6.10 Å². The molecule has 0 spiro atoms. The van der Waals surface area contributed by atoms with Crippen LogP contribution in [0.1, 0.15) is 12.0 Å². The highest BCUT2D eigenvalue weighted by Gasteiger charge is 2.27. The zero-order chi connectivity index (χ0) is 9.97. The second kappa shape index (κ2) is 3.80. The van der Waals surface area contributed by atoms with E-state index in [2.05, 4.69) is 0 Å². The monoisotopic (exact) mass is 191 g/mol. The zero-order valence-electron chi connectivity index (χ0n) is 7.89. The van der Waals surface area contributed by atoms with Crippen LogP contribution in [0.15, 0.2) is 30.3 Å². The normalized spacial score (nSPS) is 21.6. The van der Waals surface area contributed by atoms with E-state index in [9.17, 15) is 9.90 Å². The lowest BCUT2D eigenvalue weighted by atomic mass is 10.2. The lowest BCUT2D eigenvalue weighted by Gasteiger charge is -2.15. The number of rotatable bonds is 2. The van der Waals surface area contributed by atoms with Crippen molar-refractivity contribution in [2.45, 2.75) is 19.1 Å². The second-order valence-electron chi connectivity index (χ2n) is 3.62. The summed E-state index contributed by atoms with van der Waals surface area (Å²) in [5, 5.41) is 9.29. The molecule has 74 valence electrons. The molecule has 0 aliphatic carbocycles. The van der Waals surface area contributed by atoms with Gasteiger partial charge in [0, 0.05) is 13.1 Å². The van der Waals surface area contributed by atoms with Crippen LogP contribution in [0.4, 0.5) is 0 Å². The van der Waals surface area contributed by atoms with E-state index in [0.29, 0.717) is 13.1 Å². The number of aliphatic hydroxyl groups excluding tert-OH is 1. The Labute approximate surface area is 83.0 Å². The van der Waals surface area contributed by atoms with Crippen LogP contribution in [-0.4, -0.2) is 28.6 Å². The predicted molar refractivity (Wildman–Crippen MR) is 52.5 cm³/mol. The molecule has 0 radical (unpaired) electrons. The van der Waals surface area contributed by atoms with Gasteiger partial charge >= 0.3 is 0 Å². The van der Waals surface area contributed by atoms with Gasteiger partial charge in [0.2, 0.25) is 5.91 Å². The first-order valence-corrected chi connectivity index (χ1v) is 4.75. The number of β-amino-alcohol motifs (C(OH)–C–C–N with tert-alkyl or cyclic N) is 1. The molecule has 14 heavy (non-hydrogen) atoms. The van der Waals surface area contributed by atoms with Crippen molar-refractivity contribution >= 4 is 5.91 Å². The molecular weight excluding hydrogens is 178 g/mol.